The number of nitrogens with one attached hydrogen (secondary N) is 2. The molecule has 0 spiro atoms. The summed E-state index contributed by atoms with van der Waals surface area (Å²) >= 11 is 0. The lowest BCUT2D eigenvalue weighted by molar-refractivity contribution is 0.0444. The van der Waals surface area contributed by atoms with E-state index in [1.165, 1.54) is 17.1 Å². The topological polar surface area (TPSA) is 126 Å². The van der Waals surface area contributed by atoms with Gasteiger partial charge in [-0.25, -0.2) is 18.1 Å². The zero-order chi connectivity index (χ0) is 21.6. The third-order valence-corrected chi connectivity index (χ3v) is 7.14. The summed E-state index contributed by atoms with van der Waals surface area (Å²) in [5, 5.41) is 22.8. The minimum Gasteiger partial charge on any atom is -0.385 e. The molecule has 1 fully saturated rings. The zero-order valence-electron chi connectivity index (χ0n) is 16.9. The molecule has 1 aliphatic rings. The van der Waals surface area contributed by atoms with Crippen molar-refractivity contribution in [3.8, 4) is 5.82 Å². The van der Waals surface area contributed by atoms with Gasteiger partial charge in [-0.1, -0.05) is 18.9 Å². The Morgan fingerprint density at radius 3 is 2.84 bits per heavy atom. The Balaban J connectivity index is 1.46. The molecule has 0 unspecified atom stereocenters. The summed E-state index contributed by atoms with van der Waals surface area (Å²) in [5.41, 5.74) is 1.81. The number of hydrogen-bond donors (Lipinski definition) is 3. The molecule has 3 aromatic heterocycles. The van der Waals surface area contributed by atoms with Gasteiger partial charge in [-0.3, -0.25) is 9.82 Å². The highest BCUT2D eigenvalue weighted by molar-refractivity contribution is 7.92. The Kier molecular flexibility index (Phi) is 4.56. The van der Waals surface area contributed by atoms with Gasteiger partial charge in [-0.05, 0) is 49.6 Å². The first-order valence-electron chi connectivity index (χ1n) is 10.1. The molecule has 1 aromatic carbocycles. The quantitative estimate of drug-likeness (QED) is 0.440. The second kappa shape index (κ2) is 7.17. The van der Waals surface area contributed by atoms with Crippen LogP contribution in [0.1, 0.15) is 36.9 Å². The van der Waals surface area contributed by atoms with Crippen molar-refractivity contribution in [1.82, 2.24) is 25.0 Å². The second-order valence-corrected chi connectivity index (χ2v) is 9.60. The SMILES string of the molecule is Cc1[nH]nc2cccc(NS(=O)(=O)c3cnn(-c4cc(C5(O)CCCC5)ccn4)c3)c12. The lowest BCUT2D eigenvalue weighted by atomic mass is 9.93. The van der Waals surface area contributed by atoms with Gasteiger partial charge in [0.05, 0.1) is 29.2 Å². The van der Waals surface area contributed by atoms with Crippen molar-refractivity contribution in [3.05, 3.63) is 60.2 Å². The third kappa shape index (κ3) is 3.47. The van der Waals surface area contributed by atoms with Crippen LogP contribution in [0.5, 0.6) is 0 Å². The first-order valence-corrected chi connectivity index (χ1v) is 11.5. The van der Waals surface area contributed by atoms with Gasteiger partial charge >= 0.3 is 0 Å². The molecule has 160 valence electrons. The van der Waals surface area contributed by atoms with E-state index >= 15 is 0 Å². The van der Waals surface area contributed by atoms with Crippen molar-refractivity contribution >= 4 is 26.6 Å². The lowest BCUT2D eigenvalue weighted by Crippen LogP contribution is -2.21. The molecule has 0 atom stereocenters. The molecule has 0 radical (unpaired) electrons. The first kappa shape index (κ1) is 19.7. The number of anilines is 1. The number of aromatic amines is 1. The summed E-state index contributed by atoms with van der Waals surface area (Å²) in [6.07, 6.45) is 7.67. The maximum Gasteiger partial charge on any atom is 0.265 e. The molecular weight excluding hydrogens is 416 g/mol. The van der Waals surface area contributed by atoms with Crippen LogP contribution in [0.3, 0.4) is 0 Å². The van der Waals surface area contributed by atoms with Crippen molar-refractivity contribution < 1.29 is 13.5 Å². The number of aromatic nitrogens is 5. The summed E-state index contributed by atoms with van der Waals surface area (Å²) in [4.78, 5) is 4.31. The molecule has 0 aliphatic heterocycles. The summed E-state index contributed by atoms with van der Waals surface area (Å²) in [7, 11) is -3.88. The predicted octanol–water partition coefficient (Wildman–Crippen LogP) is 3.01. The number of fused-ring (bicyclic) bond motifs is 1. The van der Waals surface area contributed by atoms with Crippen LogP contribution in [0.2, 0.25) is 0 Å². The molecule has 5 rings (SSSR count). The van der Waals surface area contributed by atoms with Gasteiger partial charge in [0.15, 0.2) is 5.82 Å². The van der Waals surface area contributed by atoms with E-state index in [0.717, 1.165) is 29.5 Å². The van der Waals surface area contributed by atoms with Crippen LogP contribution < -0.4 is 4.72 Å². The Morgan fingerprint density at radius 2 is 2.03 bits per heavy atom. The average Bonchev–Trinajstić information content (AvgIpc) is 3.49. The Morgan fingerprint density at radius 1 is 1.23 bits per heavy atom. The van der Waals surface area contributed by atoms with Crippen LogP contribution in [0.15, 0.2) is 53.8 Å². The maximum atomic E-state index is 13.0. The average molecular weight is 439 g/mol. The summed E-state index contributed by atoms with van der Waals surface area (Å²) < 4.78 is 30.0. The molecule has 31 heavy (non-hydrogen) atoms. The van der Waals surface area contributed by atoms with Gasteiger partial charge in [-0.2, -0.15) is 10.2 Å². The van der Waals surface area contributed by atoms with E-state index in [-0.39, 0.29) is 4.90 Å². The minimum atomic E-state index is -3.88. The van der Waals surface area contributed by atoms with E-state index in [0.29, 0.717) is 29.9 Å². The fourth-order valence-electron chi connectivity index (χ4n) is 4.17. The second-order valence-electron chi connectivity index (χ2n) is 7.92. The van der Waals surface area contributed by atoms with Crippen LogP contribution in [0.4, 0.5) is 5.69 Å². The normalized spacial score (nSPS) is 16.1. The molecule has 0 saturated heterocycles. The Bertz CT molecular complexity index is 1370. The van der Waals surface area contributed by atoms with Crippen LogP contribution in [-0.2, 0) is 15.6 Å². The summed E-state index contributed by atoms with van der Waals surface area (Å²) in [6, 6.07) is 8.81. The molecule has 9 nitrogen and oxygen atoms in total. The predicted molar refractivity (Wildman–Crippen MR) is 115 cm³/mol. The van der Waals surface area contributed by atoms with Crippen LogP contribution in [-0.4, -0.2) is 38.5 Å². The minimum absolute atomic E-state index is 0.0115. The highest BCUT2D eigenvalue weighted by atomic mass is 32.2. The number of nitrogens with zero attached hydrogens (tertiary/aromatic N) is 4. The van der Waals surface area contributed by atoms with Gasteiger partial charge in [-0.15, -0.1) is 0 Å². The fraction of sp³-hybridized carbons (Fsp3) is 0.286. The number of H-pyrrole nitrogens is 1. The molecule has 4 aromatic rings. The van der Waals surface area contributed by atoms with E-state index in [2.05, 4.69) is 25.0 Å². The number of aliphatic hydroxyl groups is 1. The largest absolute Gasteiger partial charge is 0.385 e. The number of sulfonamides is 1. The van der Waals surface area contributed by atoms with E-state index in [1.807, 2.05) is 13.0 Å². The number of aryl methyl sites for hydroxylation is 1. The van der Waals surface area contributed by atoms with Crippen molar-refractivity contribution in [2.45, 2.75) is 43.1 Å². The smallest absolute Gasteiger partial charge is 0.265 e. The van der Waals surface area contributed by atoms with Crippen molar-refractivity contribution in [2.24, 2.45) is 0 Å². The molecular formula is C21H22N6O3S. The number of pyridine rings is 1. The molecule has 1 aliphatic carbocycles. The first-order chi connectivity index (χ1) is 14.9. The molecule has 0 bridgehead atoms. The van der Waals surface area contributed by atoms with E-state index in [9.17, 15) is 13.5 Å². The zero-order valence-corrected chi connectivity index (χ0v) is 17.7. The molecule has 1 saturated carbocycles. The molecule has 3 heterocycles. The van der Waals surface area contributed by atoms with Gasteiger partial charge in [0.2, 0.25) is 0 Å². The fourth-order valence-corrected chi connectivity index (χ4v) is 5.17. The highest BCUT2D eigenvalue weighted by Crippen LogP contribution is 2.38. The summed E-state index contributed by atoms with van der Waals surface area (Å²) in [5.74, 6) is 0.451. The van der Waals surface area contributed by atoms with Gasteiger partial charge in [0, 0.05) is 17.3 Å². The summed E-state index contributed by atoms with van der Waals surface area (Å²) in [6.45, 7) is 1.84. The highest BCUT2D eigenvalue weighted by Gasteiger charge is 2.33. The standard InChI is InChI=1S/C21H22N6O3S/c1-14-20-17(25-24-14)5-4-6-18(20)26-31(29,30)16-12-23-27(13-16)19-11-15(7-10-22-19)21(28)8-2-3-9-21/h4-7,10-13,26,28H,2-3,8-9H2,1H3,(H,24,25). The van der Waals surface area contributed by atoms with Gasteiger partial charge in [0.25, 0.3) is 10.0 Å². The van der Waals surface area contributed by atoms with E-state index < -0.39 is 15.6 Å². The van der Waals surface area contributed by atoms with Gasteiger partial charge in [0.1, 0.15) is 4.90 Å². The number of benzene rings is 1. The van der Waals surface area contributed by atoms with Crippen LogP contribution >= 0.6 is 0 Å². The van der Waals surface area contributed by atoms with Gasteiger partial charge < -0.3 is 5.11 Å². The third-order valence-electron chi connectivity index (χ3n) is 5.82. The molecule has 3 N–H and O–H groups in total. The Hall–Kier alpha value is -3.24. The monoisotopic (exact) mass is 438 g/mol. The van der Waals surface area contributed by atoms with Crippen LogP contribution in [0, 0.1) is 6.92 Å². The van der Waals surface area contributed by atoms with Crippen molar-refractivity contribution in [2.75, 3.05) is 4.72 Å². The van der Waals surface area contributed by atoms with Crippen molar-refractivity contribution in [3.63, 3.8) is 0 Å². The lowest BCUT2D eigenvalue weighted by Gasteiger charge is -2.22. The van der Waals surface area contributed by atoms with Crippen molar-refractivity contribution in [1.29, 1.82) is 0 Å². The Labute approximate surface area is 179 Å². The number of rotatable bonds is 5. The van der Waals surface area contributed by atoms with Crippen LogP contribution in [0.25, 0.3) is 16.7 Å². The van der Waals surface area contributed by atoms with E-state index in [1.54, 1.807) is 30.5 Å². The molecule has 10 heteroatoms. The number of hydrogen-bond acceptors (Lipinski definition) is 6. The maximum absolute atomic E-state index is 13.0. The van der Waals surface area contributed by atoms with E-state index in [4.69, 9.17) is 0 Å². The molecule has 0 amide bonds.